The predicted octanol–water partition coefficient (Wildman–Crippen LogP) is 1.76. The summed E-state index contributed by atoms with van der Waals surface area (Å²) in [6, 6.07) is 0. The molecule has 0 fully saturated rings. The molecule has 0 radical (unpaired) electrons. The van der Waals surface area contributed by atoms with Crippen molar-refractivity contribution in [2.24, 2.45) is 5.41 Å². The van der Waals surface area contributed by atoms with Gasteiger partial charge in [0.25, 0.3) is 0 Å². The number of aliphatic hydroxyl groups is 1. The smallest absolute Gasteiger partial charge is 0.159 e. The van der Waals surface area contributed by atoms with Crippen molar-refractivity contribution in [3.63, 3.8) is 0 Å². The summed E-state index contributed by atoms with van der Waals surface area (Å²) < 4.78 is 5.40. The van der Waals surface area contributed by atoms with Crippen molar-refractivity contribution in [2.75, 3.05) is 13.7 Å². The molecule has 0 aromatic rings. The average molecular weight is 203 g/mol. The third kappa shape index (κ3) is 3.95. The Balaban J connectivity index is 4.35. The summed E-state index contributed by atoms with van der Waals surface area (Å²) >= 11 is 0. The first-order chi connectivity index (χ1) is 6.02. The second-order valence-electron chi connectivity index (χ2n) is 5.49. The van der Waals surface area contributed by atoms with Crippen LogP contribution in [0.2, 0.25) is 0 Å². The van der Waals surface area contributed by atoms with E-state index in [1.165, 1.54) is 0 Å². The van der Waals surface area contributed by atoms with Crippen molar-refractivity contribution in [2.45, 2.75) is 52.9 Å². The number of rotatable bonds is 5. The lowest BCUT2D eigenvalue weighted by molar-refractivity contribution is -0.197. The van der Waals surface area contributed by atoms with E-state index in [2.05, 4.69) is 33.0 Å². The van der Waals surface area contributed by atoms with Gasteiger partial charge in [-0.25, -0.2) is 0 Å². The van der Waals surface area contributed by atoms with Gasteiger partial charge in [0.15, 0.2) is 5.79 Å². The fourth-order valence-electron chi connectivity index (χ4n) is 0.876. The third-order valence-corrected chi connectivity index (χ3v) is 3.10. The molecule has 0 atom stereocenters. The Hall–Kier alpha value is -0.120. The molecule has 0 aromatic heterocycles. The van der Waals surface area contributed by atoms with E-state index in [-0.39, 0.29) is 11.0 Å². The zero-order valence-electron chi connectivity index (χ0n) is 10.6. The molecule has 0 unspecified atom stereocenters. The Morgan fingerprint density at radius 2 is 1.50 bits per heavy atom. The molecular formula is C11H25NO2. The molecule has 86 valence electrons. The molecule has 3 nitrogen and oxygen atoms in total. The molecule has 0 spiro atoms. The maximum Gasteiger partial charge on any atom is 0.159 e. The fourth-order valence-corrected chi connectivity index (χ4v) is 0.876. The van der Waals surface area contributed by atoms with Gasteiger partial charge < -0.3 is 15.2 Å². The normalized spacial score (nSPS) is 14.6. The summed E-state index contributed by atoms with van der Waals surface area (Å²) in [6.45, 7) is 12.3. The number of hydrogen-bond acceptors (Lipinski definition) is 3. The van der Waals surface area contributed by atoms with Crippen molar-refractivity contribution < 1.29 is 9.84 Å². The zero-order valence-corrected chi connectivity index (χ0v) is 10.6. The van der Waals surface area contributed by atoms with Crippen molar-refractivity contribution in [1.29, 1.82) is 0 Å². The van der Waals surface area contributed by atoms with Crippen LogP contribution < -0.4 is 5.32 Å². The van der Waals surface area contributed by atoms with Gasteiger partial charge in [-0.1, -0.05) is 13.8 Å². The molecule has 0 aliphatic rings. The Labute approximate surface area is 87.8 Å². The SMILES string of the molecule is CNC(C)(C)C(C)(C)COC(C)(C)O. The van der Waals surface area contributed by atoms with Crippen LogP contribution in [-0.4, -0.2) is 30.1 Å². The minimum absolute atomic E-state index is 0.0295. The van der Waals surface area contributed by atoms with E-state index < -0.39 is 5.79 Å². The molecular weight excluding hydrogens is 178 g/mol. The summed E-state index contributed by atoms with van der Waals surface area (Å²) in [4.78, 5) is 0. The molecule has 0 bridgehead atoms. The highest BCUT2D eigenvalue weighted by atomic mass is 16.6. The van der Waals surface area contributed by atoms with Crippen LogP contribution in [0.3, 0.4) is 0 Å². The first kappa shape index (κ1) is 13.9. The third-order valence-electron chi connectivity index (χ3n) is 3.10. The van der Waals surface area contributed by atoms with Crippen LogP contribution in [-0.2, 0) is 4.74 Å². The van der Waals surface area contributed by atoms with E-state index in [9.17, 15) is 5.11 Å². The molecule has 3 heteroatoms. The fraction of sp³-hybridized carbons (Fsp3) is 1.00. The average Bonchev–Trinajstić information content (AvgIpc) is 1.99. The van der Waals surface area contributed by atoms with Gasteiger partial charge in [-0.15, -0.1) is 0 Å². The van der Waals surface area contributed by atoms with E-state index in [0.29, 0.717) is 6.61 Å². The van der Waals surface area contributed by atoms with Gasteiger partial charge in [-0.3, -0.25) is 0 Å². The summed E-state index contributed by atoms with van der Waals surface area (Å²) in [5.74, 6) is -1.05. The molecule has 0 aromatic carbocycles. The van der Waals surface area contributed by atoms with Crippen LogP contribution in [0.15, 0.2) is 0 Å². The number of hydrogen-bond donors (Lipinski definition) is 2. The molecule has 0 aliphatic carbocycles. The second kappa shape index (κ2) is 4.17. The molecule has 0 aliphatic heterocycles. The lowest BCUT2D eigenvalue weighted by atomic mass is 9.75. The second-order valence-corrected chi connectivity index (χ2v) is 5.49. The maximum atomic E-state index is 9.48. The van der Waals surface area contributed by atoms with E-state index in [0.717, 1.165) is 0 Å². The summed E-state index contributed by atoms with van der Waals surface area (Å²) in [5, 5.41) is 12.7. The molecule has 0 saturated heterocycles. The standard InChI is InChI=1S/C11H25NO2/c1-9(2,10(3,4)12-7)8-14-11(5,6)13/h12-13H,8H2,1-7H3. The Kier molecular flexibility index (Phi) is 4.13. The summed E-state index contributed by atoms with van der Waals surface area (Å²) in [5.41, 5.74) is -0.0694. The molecule has 0 rings (SSSR count). The molecule has 0 heterocycles. The highest BCUT2D eigenvalue weighted by molar-refractivity contribution is 4.92. The first-order valence-electron chi connectivity index (χ1n) is 5.07. The lowest BCUT2D eigenvalue weighted by Gasteiger charge is -2.42. The van der Waals surface area contributed by atoms with E-state index in [4.69, 9.17) is 4.74 Å². The quantitative estimate of drug-likeness (QED) is 0.669. The monoisotopic (exact) mass is 203 g/mol. The Morgan fingerprint density at radius 3 is 1.79 bits per heavy atom. The van der Waals surface area contributed by atoms with Crippen LogP contribution in [0.4, 0.5) is 0 Å². The topological polar surface area (TPSA) is 41.5 Å². The maximum absolute atomic E-state index is 9.48. The Morgan fingerprint density at radius 1 is 1.07 bits per heavy atom. The van der Waals surface area contributed by atoms with Crippen LogP contribution >= 0.6 is 0 Å². The Bertz CT molecular complexity index is 180. The number of ether oxygens (including phenoxy) is 1. The van der Waals surface area contributed by atoms with Gasteiger partial charge in [0, 0.05) is 11.0 Å². The van der Waals surface area contributed by atoms with Crippen LogP contribution in [0.5, 0.6) is 0 Å². The molecule has 0 amide bonds. The van der Waals surface area contributed by atoms with Crippen molar-refractivity contribution in [3.8, 4) is 0 Å². The number of nitrogens with one attached hydrogen (secondary N) is 1. The van der Waals surface area contributed by atoms with E-state index in [1.54, 1.807) is 13.8 Å². The molecule has 0 saturated carbocycles. The van der Waals surface area contributed by atoms with Gasteiger partial charge in [0.2, 0.25) is 0 Å². The van der Waals surface area contributed by atoms with Gasteiger partial charge >= 0.3 is 0 Å². The van der Waals surface area contributed by atoms with Gasteiger partial charge in [-0.05, 0) is 34.7 Å². The minimum atomic E-state index is -1.05. The summed E-state index contributed by atoms with van der Waals surface area (Å²) in [7, 11) is 1.94. The minimum Gasteiger partial charge on any atom is -0.366 e. The molecule has 14 heavy (non-hydrogen) atoms. The van der Waals surface area contributed by atoms with Crippen molar-refractivity contribution in [3.05, 3.63) is 0 Å². The van der Waals surface area contributed by atoms with Crippen LogP contribution in [0.25, 0.3) is 0 Å². The van der Waals surface area contributed by atoms with Crippen LogP contribution in [0, 0.1) is 5.41 Å². The highest BCUT2D eigenvalue weighted by Gasteiger charge is 2.37. The largest absolute Gasteiger partial charge is 0.366 e. The highest BCUT2D eigenvalue weighted by Crippen LogP contribution is 2.31. The van der Waals surface area contributed by atoms with E-state index in [1.807, 2.05) is 7.05 Å². The van der Waals surface area contributed by atoms with Gasteiger partial charge in [0.05, 0.1) is 6.61 Å². The molecule has 2 N–H and O–H groups in total. The predicted molar refractivity (Wildman–Crippen MR) is 59.2 cm³/mol. The lowest BCUT2D eigenvalue weighted by Crippen LogP contribution is -2.52. The van der Waals surface area contributed by atoms with Gasteiger partial charge in [-0.2, -0.15) is 0 Å². The van der Waals surface area contributed by atoms with Gasteiger partial charge in [0.1, 0.15) is 0 Å². The van der Waals surface area contributed by atoms with Crippen molar-refractivity contribution in [1.82, 2.24) is 5.32 Å². The van der Waals surface area contributed by atoms with Crippen LogP contribution in [0.1, 0.15) is 41.5 Å². The zero-order chi connectivity index (χ0) is 11.6. The summed E-state index contributed by atoms with van der Waals surface area (Å²) in [6.07, 6.45) is 0. The van der Waals surface area contributed by atoms with E-state index >= 15 is 0 Å². The first-order valence-corrected chi connectivity index (χ1v) is 5.07. The van der Waals surface area contributed by atoms with Crippen molar-refractivity contribution >= 4 is 0 Å².